The molecule has 3 rings (SSSR count). The van der Waals surface area contributed by atoms with Crippen LogP contribution in [0, 0.1) is 0 Å². The molecule has 7 nitrogen and oxygen atoms in total. The van der Waals surface area contributed by atoms with Gasteiger partial charge in [-0.2, -0.15) is 0 Å². The fourth-order valence-corrected chi connectivity index (χ4v) is 3.15. The first-order chi connectivity index (χ1) is 14.0. The van der Waals surface area contributed by atoms with E-state index >= 15 is 0 Å². The highest BCUT2D eigenvalue weighted by atomic mass is 16.2. The average Bonchev–Trinajstić information content (AvgIpc) is 2.93. The van der Waals surface area contributed by atoms with Crippen LogP contribution in [0.3, 0.4) is 0 Å². The Hall–Kier alpha value is -3.74. The second kappa shape index (κ2) is 8.97. The van der Waals surface area contributed by atoms with Crippen molar-refractivity contribution in [1.29, 1.82) is 0 Å². The summed E-state index contributed by atoms with van der Waals surface area (Å²) in [5.41, 5.74) is 1.93. The van der Waals surface area contributed by atoms with E-state index < -0.39 is 30.3 Å². The van der Waals surface area contributed by atoms with Crippen LogP contribution < -0.4 is 5.32 Å². The predicted octanol–water partition coefficient (Wildman–Crippen LogP) is 2.06. The molecule has 1 fully saturated rings. The Morgan fingerprint density at radius 3 is 2.14 bits per heavy atom. The number of benzene rings is 2. The van der Waals surface area contributed by atoms with Crippen molar-refractivity contribution in [3.63, 3.8) is 0 Å². The van der Waals surface area contributed by atoms with Gasteiger partial charge in [-0.15, -0.1) is 6.58 Å². The van der Waals surface area contributed by atoms with Crippen LogP contribution in [0.1, 0.15) is 17.2 Å². The summed E-state index contributed by atoms with van der Waals surface area (Å²) in [4.78, 5) is 50.3. The molecule has 0 aliphatic carbocycles. The summed E-state index contributed by atoms with van der Waals surface area (Å²) in [5, 5.41) is 2.88. The summed E-state index contributed by atoms with van der Waals surface area (Å²) in [6, 6.07) is 17.9. The van der Waals surface area contributed by atoms with Gasteiger partial charge in [0.2, 0.25) is 5.91 Å². The maximum absolute atomic E-state index is 12.6. The zero-order chi connectivity index (χ0) is 20.8. The first-order valence-electron chi connectivity index (χ1n) is 9.17. The molecule has 1 atom stereocenters. The predicted molar refractivity (Wildman–Crippen MR) is 106 cm³/mol. The van der Waals surface area contributed by atoms with Crippen LogP contribution in [0.25, 0.3) is 0 Å². The van der Waals surface area contributed by atoms with Gasteiger partial charge < -0.3 is 5.32 Å². The molecule has 148 valence electrons. The number of imide groups is 2. The van der Waals surface area contributed by atoms with Crippen molar-refractivity contribution in [3.8, 4) is 0 Å². The number of urea groups is 1. The van der Waals surface area contributed by atoms with Crippen molar-refractivity contribution < 1.29 is 19.2 Å². The molecule has 5 amide bonds. The van der Waals surface area contributed by atoms with E-state index in [1.807, 2.05) is 60.7 Å². The van der Waals surface area contributed by atoms with Crippen molar-refractivity contribution >= 4 is 23.8 Å². The fourth-order valence-electron chi connectivity index (χ4n) is 3.15. The number of nitrogens with one attached hydrogen (secondary N) is 1. The molecular formula is C22H21N3O4. The van der Waals surface area contributed by atoms with E-state index in [-0.39, 0.29) is 12.6 Å². The van der Waals surface area contributed by atoms with E-state index in [1.165, 1.54) is 6.08 Å². The minimum atomic E-state index is -1.01. The lowest BCUT2D eigenvalue weighted by Crippen LogP contribution is -2.42. The number of carbonyl (C=O) groups is 4. The third-order valence-electron chi connectivity index (χ3n) is 4.57. The lowest BCUT2D eigenvalue weighted by atomic mass is 9.99. The normalized spacial score (nSPS) is 14.8. The van der Waals surface area contributed by atoms with E-state index in [0.29, 0.717) is 11.3 Å². The van der Waals surface area contributed by atoms with Crippen molar-refractivity contribution in [3.05, 3.63) is 84.4 Å². The molecule has 0 radical (unpaired) electrons. The molecule has 2 aromatic rings. The molecule has 0 spiro atoms. The van der Waals surface area contributed by atoms with E-state index in [9.17, 15) is 19.2 Å². The van der Waals surface area contributed by atoms with Crippen LogP contribution in [-0.4, -0.2) is 46.6 Å². The number of carbonyl (C=O) groups excluding carboxylic acids is 4. The summed E-state index contributed by atoms with van der Waals surface area (Å²) >= 11 is 0. The molecule has 0 saturated carbocycles. The van der Waals surface area contributed by atoms with Crippen LogP contribution in [-0.2, 0) is 20.8 Å². The quantitative estimate of drug-likeness (QED) is 0.424. The second-order valence-electron chi connectivity index (χ2n) is 6.60. The van der Waals surface area contributed by atoms with Gasteiger partial charge in [-0.05, 0) is 17.5 Å². The summed E-state index contributed by atoms with van der Waals surface area (Å²) < 4.78 is 0. The van der Waals surface area contributed by atoms with Crippen LogP contribution in [0.5, 0.6) is 0 Å². The highest BCUT2D eigenvalue weighted by Crippen LogP contribution is 2.19. The maximum Gasteiger partial charge on any atom is 0.335 e. The third-order valence-corrected chi connectivity index (χ3v) is 4.57. The molecule has 0 unspecified atom stereocenters. The lowest BCUT2D eigenvalue weighted by molar-refractivity contribution is -0.143. The van der Waals surface area contributed by atoms with Crippen molar-refractivity contribution in [1.82, 2.24) is 15.1 Å². The van der Waals surface area contributed by atoms with Gasteiger partial charge in [0.25, 0.3) is 0 Å². The molecule has 1 saturated heterocycles. The Balaban J connectivity index is 1.73. The van der Waals surface area contributed by atoms with Crippen LogP contribution in [0.2, 0.25) is 0 Å². The molecule has 1 N–H and O–H groups in total. The van der Waals surface area contributed by atoms with Gasteiger partial charge in [0.05, 0.1) is 6.04 Å². The zero-order valence-corrected chi connectivity index (χ0v) is 15.8. The number of hydrogen-bond acceptors (Lipinski definition) is 4. The monoisotopic (exact) mass is 391 g/mol. The first-order valence-corrected chi connectivity index (χ1v) is 9.17. The molecule has 7 heteroatoms. The fraction of sp³-hybridized carbons (Fsp3) is 0.182. The Labute approximate surface area is 168 Å². The number of hydrogen-bond donors (Lipinski definition) is 1. The first kappa shape index (κ1) is 20.0. The van der Waals surface area contributed by atoms with E-state index in [1.54, 1.807) is 0 Å². The van der Waals surface area contributed by atoms with Crippen molar-refractivity contribution in [2.24, 2.45) is 0 Å². The summed E-state index contributed by atoms with van der Waals surface area (Å²) in [5.74, 6) is -2.48. The molecule has 1 heterocycles. The van der Waals surface area contributed by atoms with Gasteiger partial charge in [-0.3, -0.25) is 19.3 Å². The molecule has 1 aliphatic heterocycles. The van der Waals surface area contributed by atoms with Gasteiger partial charge in [-0.1, -0.05) is 66.7 Å². The molecule has 1 aliphatic rings. The van der Waals surface area contributed by atoms with Crippen LogP contribution in [0.4, 0.5) is 4.79 Å². The zero-order valence-electron chi connectivity index (χ0n) is 15.8. The van der Waals surface area contributed by atoms with E-state index in [0.717, 1.165) is 16.0 Å². The maximum atomic E-state index is 12.6. The van der Waals surface area contributed by atoms with Crippen LogP contribution >= 0.6 is 0 Å². The van der Waals surface area contributed by atoms with Crippen molar-refractivity contribution in [2.45, 2.75) is 12.5 Å². The molecule has 2 aromatic carbocycles. The highest BCUT2D eigenvalue weighted by Gasteiger charge is 2.44. The Morgan fingerprint density at radius 2 is 1.52 bits per heavy atom. The Bertz CT molecular complexity index is 928. The number of nitrogens with zero attached hydrogens (tertiary/aromatic N) is 2. The molecule has 29 heavy (non-hydrogen) atoms. The standard InChI is InChI=1S/C22H21N3O4/c1-2-13-24-20(27)21(28)25(22(24)29)15-19(26)23-18(17-11-7-4-8-12-17)14-16-9-5-3-6-10-16/h2-12,18H,1,13-15H2,(H,23,26)/t18-/m0/s1. The topological polar surface area (TPSA) is 86.8 Å². The van der Waals surface area contributed by atoms with Gasteiger partial charge >= 0.3 is 17.8 Å². The lowest BCUT2D eigenvalue weighted by Gasteiger charge is -2.21. The van der Waals surface area contributed by atoms with E-state index in [2.05, 4.69) is 11.9 Å². The van der Waals surface area contributed by atoms with Gasteiger partial charge in [0.1, 0.15) is 6.54 Å². The molecule has 0 aromatic heterocycles. The minimum absolute atomic E-state index is 0.0812. The van der Waals surface area contributed by atoms with Crippen molar-refractivity contribution in [2.75, 3.05) is 13.1 Å². The molecule has 0 bridgehead atoms. The summed E-state index contributed by atoms with van der Waals surface area (Å²) in [6.07, 6.45) is 1.89. The smallest absolute Gasteiger partial charge is 0.335 e. The highest BCUT2D eigenvalue weighted by molar-refractivity contribution is 6.45. The minimum Gasteiger partial charge on any atom is -0.347 e. The average molecular weight is 391 g/mol. The van der Waals surface area contributed by atoms with E-state index in [4.69, 9.17) is 0 Å². The third kappa shape index (κ3) is 4.57. The number of rotatable bonds is 8. The second-order valence-corrected chi connectivity index (χ2v) is 6.60. The van der Waals surface area contributed by atoms with Crippen LogP contribution in [0.15, 0.2) is 73.3 Å². The Kier molecular flexibility index (Phi) is 6.19. The Morgan fingerprint density at radius 1 is 0.931 bits per heavy atom. The van der Waals surface area contributed by atoms with Gasteiger partial charge in [0.15, 0.2) is 0 Å². The largest absolute Gasteiger partial charge is 0.347 e. The number of amides is 5. The van der Waals surface area contributed by atoms with Gasteiger partial charge in [-0.25, -0.2) is 9.69 Å². The van der Waals surface area contributed by atoms with Gasteiger partial charge in [0, 0.05) is 6.54 Å². The SMILES string of the molecule is C=CCN1C(=O)C(=O)N(CC(=O)N[C@@H](Cc2ccccc2)c2ccccc2)C1=O. The summed E-state index contributed by atoms with van der Waals surface area (Å²) in [7, 11) is 0. The summed E-state index contributed by atoms with van der Waals surface area (Å²) in [6.45, 7) is 2.86. The molecular weight excluding hydrogens is 370 g/mol.